The maximum Gasteiger partial charge on any atom is 0.192 e. The molecule has 0 aliphatic rings. The second-order valence-electron chi connectivity index (χ2n) is 4.44. The van der Waals surface area contributed by atoms with Crippen molar-refractivity contribution >= 4 is 33.0 Å². The van der Waals surface area contributed by atoms with Crippen LogP contribution in [-0.4, -0.2) is 15.2 Å². The fraction of sp³-hybridized carbons (Fsp3) is 0.231. The lowest BCUT2D eigenvalue weighted by molar-refractivity contribution is 0.781. The first-order chi connectivity index (χ1) is 8.66. The second-order valence-corrected chi connectivity index (χ2v) is 5.87. The molecule has 5 heteroatoms. The van der Waals surface area contributed by atoms with Crippen LogP contribution < -0.4 is 0 Å². The van der Waals surface area contributed by atoms with Crippen LogP contribution in [0.1, 0.15) is 25.6 Å². The number of fused-ring (bicyclic) bond motifs is 1. The molecule has 0 saturated heterocycles. The zero-order valence-electron chi connectivity index (χ0n) is 10.1. The molecule has 92 valence electrons. The number of hydrogen-bond acceptors (Lipinski definition) is 3. The van der Waals surface area contributed by atoms with Crippen LogP contribution in [0.3, 0.4) is 0 Å². The number of hydrogen-bond donors (Lipinski definition) is 1. The monoisotopic (exact) mass is 277 g/mol. The quantitative estimate of drug-likeness (QED) is 0.751. The van der Waals surface area contributed by atoms with Gasteiger partial charge in [-0.15, -0.1) is 11.3 Å². The lowest BCUT2D eigenvalue weighted by Gasteiger charge is -1.95. The first kappa shape index (κ1) is 11.7. The van der Waals surface area contributed by atoms with Crippen molar-refractivity contribution < 1.29 is 0 Å². The van der Waals surface area contributed by atoms with Gasteiger partial charge in [-0.2, -0.15) is 5.10 Å². The van der Waals surface area contributed by atoms with Crippen molar-refractivity contribution in [3.8, 4) is 10.7 Å². The molecule has 3 aromatic rings. The summed E-state index contributed by atoms with van der Waals surface area (Å²) in [6, 6.07) is 8.08. The van der Waals surface area contributed by atoms with E-state index in [9.17, 15) is 0 Å². The number of rotatable bonds is 2. The predicted octanol–water partition coefficient (Wildman–Crippen LogP) is 4.46. The largest absolute Gasteiger partial charge is 0.262 e. The van der Waals surface area contributed by atoms with Crippen LogP contribution >= 0.6 is 22.9 Å². The normalized spacial score (nSPS) is 11.6. The SMILES string of the molecule is CC(C)c1nc(-c2sc3ccccc3c2Cl)n[nH]1. The smallest absolute Gasteiger partial charge is 0.192 e. The van der Waals surface area contributed by atoms with Gasteiger partial charge >= 0.3 is 0 Å². The lowest BCUT2D eigenvalue weighted by Crippen LogP contribution is -1.89. The summed E-state index contributed by atoms with van der Waals surface area (Å²) in [5, 5.41) is 9.02. The van der Waals surface area contributed by atoms with Gasteiger partial charge in [0.2, 0.25) is 0 Å². The molecule has 3 rings (SSSR count). The fourth-order valence-corrected chi connectivity index (χ4v) is 3.24. The van der Waals surface area contributed by atoms with Crippen LogP contribution in [0.2, 0.25) is 5.02 Å². The molecule has 1 aromatic carbocycles. The van der Waals surface area contributed by atoms with Gasteiger partial charge in [0.25, 0.3) is 0 Å². The van der Waals surface area contributed by atoms with E-state index in [2.05, 4.69) is 35.1 Å². The molecule has 3 nitrogen and oxygen atoms in total. The van der Waals surface area contributed by atoms with Crippen LogP contribution in [-0.2, 0) is 0 Å². The fourth-order valence-electron chi connectivity index (χ4n) is 1.79. The number of benzene rings is 1. The number of aromatic amines is 1. The third kappa shape index (κ3) is 1.82. The molecule has 0 atom stereocenters. The highest BCUT2D eigenvalue weighted by molar-refractivity contribution is 7.23. The highest BCUT2D eigenvalue weighted by Crippen LogP contribution is 2.40. The molecular formula is C13H12ClN3S. The average Bonchev–Trinajstić information content (AvgIpc) is 2.95. The Balaban J connectivity index is 2.15. The van der Waals surface area contributed by atoms with E-state index in [0.717, 1.165) is 25.8 Å². The topological polar surface area (TPSA) is 41.6 Å². The van der Waals surface area contributed by atoms with E-state index >= 15 is 0 Å². The number of nitrogens with one attached hydrogen (secondary N) is 1. The number of halogens is 1. The van der Waals surface area contributed by atoms with Crippen LogP contribution in [0.4, 0.5) is 0 Å². The van der Waals surface area contributed by atoms with Crippen molar-refractivity contribution in [3.63, 3.8) is 0 Å². The van der Waals surface area contributed by atoms with Crippen molar-refractivity contribution in [2.24, 2.45) is 0 Å². The van der Waals surface area contributed by atoms with Crippen molar-refractivity contribution in [1.29, 1.82) is 0 Å². The molecule has 0 amide bonds. The lowest BCUT2D eigenvalue weighted by atomic mass is 10.2. The van der Waals surface area contributed by atoms with Crippen molar-refractivity contribution in [2.45, 2.75) is 19.8 Å². The number of H-pyrrole nitrogens is 1. The van der Waals surface area contributed by atoms with Crippen molar-refractivity contribution in [3.05, 3.63) is 35.1 Å². The zero-order valence-corrected chi connectivity index (χ0v) is 11.6. The minimum Gasteiger partial charge on any atom is -0.262 e. The summed E-state index contributed by atoms with van der Waals surface area (Å²) in [6.07, 6.45) is 0. The van der Waals surface area contributed by atoms with Gasteiger partial charge in [-0.1, -0.05) is 43.6 Å². The molecule has 0 spiro atoms. The number of aromatic nitrogens is 3. The van der Waals surface area contributed by atoms with Gasteiger partial charge in [0.1, 0.15) is 5.82 Å². The van der Waals surface area contributed by atoms with E-state index in [1.54, 1.807) is 11.3 Å². The summed E-state index contributed by atoms with van der Waals surface area (Å²) in [5.41, 5.74) is 0. The van der Waals surface area contributed by atoms with E-state index in [-0.39, 0.29) is 0 Å². The Morgan fingerprint density at radius 3 is 2.72 bits per heavy atom. The molecule has 18 heavy (non-hydrogen) atoms. The Morgan fingerprint density at radius 1 is 1.28 bits per heavy atom. The van der Waals surface area contributed by atoms with Crippen LogP contribution in [0.25, 0.3) is 20.8 Å². The van der Waals surface area contributed by atoms with Crippen LogP contribution in [0.5, 0.6) is 0 Å². The Kier molecular flexibility index (Phi) is 2.84. The Labute approximate surface area is 114 Å². The summed E-state index contributed by atoms with van der Waals surface area (Å²) >= 11 is 8.02. The Bertz CT molecular complexity index is 699. The first-order valence-corrected chi connectivity index (χ1v) is 6.96. The molecule has 0 unspecified atom stereocenters. The molecule has 0 aliphatic carbocycles. The average molecular weight is 278 g/mol. The standard InChI is InChI=1S/C13H12ClN3S/c1-7(2)12-15-13(17-16-12)11-10(14)8-5-3-4-6-9(8)18-11/h3-7H,1-2H3,(H,15,16,17). The molecule has 0 radical (unpaired) electrons. The molecule has 0 aliphatic heterocycles. The molecule has 2 heterocycles. The molecule has 1 N–H and O–H groups in total. The van der Waals surface area contributed by atoms with E-state index < -0.39 is 0 Å². The van der Waals surface area contributed by atoms with E-state index in [1.165, 1.54) is 0 Å². The molecule has 0 saturated carbocycles. The molecule has 2 aromatic heterocycles. The third-order valence-electron chi connectivity index (χ3n) is 2.79. The summed E-state index contributed by atoms with van der Waals surface area (Å²) in [4.78, 5) is 5.43. The minimum absolute atomic E-state index is 0.333. The van der Waals surface area contributed by atoms with Crippen molar-refractivity contribution in [1.82, 2.24) is 15.2 Å². The maximum absolute atomic E-state index is 6.40. The van der Waals surface area contributed by atoms with E-state index in [4.69, 9.17) is 11.6 Å². The summed E-state index contributed by atoms with van der Waals surface area (Å²) < 4.78 is 1.16. The van der Waals surface area contributed by atoms with Crippen LogP contribution in [0.15, 0.2) is 24.3 Å². The molecule has 0 bridgehead atoms. The Morgan fingerprint density at radius 2 is 2.06 bits per heavy atom. The maximum atomic E-state index is 6.40. The van der Waals surface area contributed by atoms with Gasteiger partial charge in [-0.3, -0.25) is 5.10 Å². The van der Waals surface area contributed by atoms with Gasteiger partial charge < -0.3 is 0 Å². The van der Waals surface area contributed by atoms with Crippen molar-refractivity contribution in [2.75, 3.05) is 0 Å². The third-order valence-corrected chi connectivity index (χ3v) is 4.46. The minimum atomic E-state index is 0.333. The molecule has 0 fully saturated rings. The molecular weight excluding hydrogens is 266 g/mol. The summed E-state index contributed by atoms with van der Waals surface area (Å²) in [7, 11) is 0. The number of thiophene rings is 1. The predicted molar refractivity (Wildman–Crippen MR) is 76.3 cm³/mol. The number of nitrogens with zero attached hydrogens (tertiary/aromatic N) is 2. The zero-order chi connectivity index (χ0) is 12.7. The van der Waals surface area contributed by atoms with Gasteiger partial charge in [0.05, 0.1) is 9.90 Å². The van der Waals surface area contributed by atoms with E-state index in [1.807, 2.05) is 18.2 Å². The second kappa shape index (κ2) is 4.37. The summed E-state index contributed by atoms with van der Waals surface area (Å²) in [5.74, 6) is 1.91. The summed E-state index contributed by atoms with van der Waals surface area (Å²) in [6.45, 7) is 4.16. The van der Waals surface area contributed by atoms with Gasteiger partial charge in [0.15, 0.2) is 5.82 Å². The van der Waals surface area contributed by atoms with Gasteiger partial charge in [-0.05, 0) is 6.07 Å². The van der Waals surface area contributed by atoms with E-state index in [0.29, 0.717) is 11.7 Å². The van der Waals surface area contributed by atoms with Gasteiger partial charge in [-0.25, -0.2) is 4.98 Å². The highest BCUT2D eigenvalue weighted by atomic mass is 35.5. The van der Waals surface area contributed by atoms with Gasteiger partial charge in [0, 0.05) is 16.0 Å². The van der Waals surface area contributed by atoms with Crippen LogP contribution in [0, 0.1) is 0 Å². The first-order valence-electron chi connectivity index (χ1n) is 5.76. The Hall–Kier alpha value is -1.39. The highest BCUT2D eigenvalue weighted by Gasteiger charge is 2.16.